The predicted molar refractivity (Wildman–Crippen MR) is 206 cm³/mol. The highest BCUT2D eigenvalue weighted by Gasteiger charge is 2.19. The second-order valence-electron chi connectivity index (χ2n) is 14.6. The molecule has 48 heavy (non-hydrogen) atoms. The molecule has 1 rings (SSSR count). The molecule has 0 aliphatic carbocycles. The molecule has 1 aromatic rings. The molecule has 1 aromatic carbocycles. The summed E-state index contributed by atoms with van der Waals surface area (Å²) in [5.74, 6) is -0.562. The maximum absolute atomic E-state index is 13.0. The van der Waals surface area contributed by atoms with E-state index in [0.29, 0.717) is 11.1 Å². The average molecular weight is 671 g/mol. The Morgan fingerprint density at radius 1 is 0.375 bits per heavy atom. The second kappa shape index (κ2) is 32.4. The summed E-state index contributed by atoms with van der Waals surface area (Å²) in [6.07, 6.45) is 37.0. The number of rotatable bonds is 34. The van der Waals surface area contributed by atoms with E-state index in [1.165, 1.54) is 128 Å². The van der Waals surface area contributed by atoms with Gasteiger partial charge in [-0.15, -0.1) is 0 Å². The number of carbonyl (C=O) groups is 2. The lowest BCUT2D eigenvalue weighted by Crippen LogP contribution is -2.20. The van der Waals surface area contributed by atoms with Crippen LogP contribution in [0.3, 0.4) is 0 Å². The van der Waals surface area contributed by atoms with Crippen LogP contribution in [0.2, 0.25) is 0 Å². The zero-order chi connectivity index (χ0) is 34.9. The van der Waals surface area contributed by atoms with Crippen LogP contribution in [0.5, 0.6) is 0 Å². The Morgan fingerprint density at radius 3 is 0.875 bits per heavy atom. The Hall–Kier alpha value is -1.84. The van der Waals surface area contributed by atoms with E-state index < -0.39 is 0 Å². The molecule has 0 heterocycles. The molecule has 0 bridgehead atoms. The molecule has 4 heteroatoms. The van der Waals surface area contributed by atoms with Crippen molar-refractivity contribution in [3.05, 3.63) is 35.4 Å². The standard InChI is InChI=1S/C44H78O4/c1-5-9-13-15-17-19-21-23-25-27-29-33-41(31-11-7-3)47-43(45)39-35-37-40(38-36-39)44(46)48-42(32-12-8-4)34-30-28-26-24-22-20-18-16-14-10-6-2/h35-38,41-42H,5-34H2,1-4H3. The van der Waals surface area contributed by atoms with E-state index in [0.717, 1.165) is 64.2 Å². The van der Waals surface area contributed by atoms with Crippen LogP contribution >= 0.6 is 0 Å². The van der Waals surface area contributed by atoms with Gasteiger partial charge in [-0.25, -0.2) is 9.59 Å². The number of esters is 2. The van der Waals surface area contributed by atoms with Crippen LogP contribution in [0.4, 0.5) is 0 Å². The lowest BCUT2D eigenvalue weighted by Gasteiger charge is -2.19. The van der Waals surface area contributed by atoms with Crippen LogP contribution in [0.25, 0.3) is 0 Å². The highest BCUT2D eigenvalue weighted by Crippen LogP contribution is 2.20. The summed E-state index contributed by atoms with van der Waals surface area (Å²) in [6.45, 7) is 8.91. The van der Waals surface area contributed by atoms with Crippen LogP contribution in [0.15, 0.2) is 24.3 Å². The van der Waals surface area contributed by atoms with Gasteiger partial charge in [0.1, 0.15) is 12.2 Å². The fourth-order valence-electron chi connectivity index (χ4n) is 6.64. The van der Waals surface area contributed by atoms with Crippen LogP contribution < -0.4 is 0 Å². The van der Waals surface area contributed by atoms with Crippen molar-refractivity contribution >= 4 is 11.9 Å². The Labute approximate surface area is 298 Å². The molecular formula is C44H78O4. The van der Waals surface area contributed by atoms with Gasteiger partial charge in [-0.1, -0.05) is 182 Å². The molecule has 0 aliphatic rings. The van der Waals surface area contributed by atoms with Gasteiger partial charge in [-0.05, 0) is 62.8 Å². The molecule has 278 valence electrons. The van der Waals surface area contributed by atoms with E-state index in [4.69, 9.17) is 9.47 Å². The summed E-state index contributed by atoms with van der Waals surface area (Å²) in [5.41, 5.74) is 1.02. The average Bonchev–Trinajstić information content (AvgIpc) is 3.10. The number of ether oxygens (including phenoxy) is 2. The van der Waals surface area contributed by atoms with Crippen LogP contribution in [-0.2, 0) is 9.47 Å². The SMILES string of the molecule is CCCCCCCCCCCCCC(CCCC)OC(=O)c1ccc(C(=O)OC(CCCC)CCCCCCCCCCCCC)cc1. The maximum atomic E-state index is 13.0. The quantitative estimate of drug-likeness (QED) is 0.0541. The molecule has 0 aromatic heterocycles. The molecule has 2 unspecified atom stereocenters. The van der Waals surface area contributed by atoms with Gasteiger partial charge in [0.25, 0.3) is 0 Å². The molecule has 0 aliphatic heterocycles. The monoisotopic (exact) mass is 671 g/mol. The van der Waals surface area contributed by atoms with Gasteiger partial charge in [-0.2, -0.15) is 0 Å². The molecule has 4 nitrogen and oxygen atoms in total. The number of hydrogen-bond acceptors (Lipinski definition) is 4. The summed E-state index contributed by atoms with van der Waals surface area (Å²) in [6, 6.07) is 6.90. The topological polar surface area (TPSA) is 52.6 Å². The van der Waals surface area contributed by atoms with Crippen molar-refractivity contribution in [1.82, 2.24) is 0 Å². The largest absolute Gasteiger partial charge is 0.459 e. The zero-order valence-corrected chi connectivity index (χ0v) is 32.3. The number of hydrogen-bond donors (Lipinski definition) is 0. The Balaban J connectivity index is 2.42. The summed E-state index contributed by atoms with van der Waals surface area (Å²) in [7, 11) is 0. The molecule has 0 amide bonds. The van der Waals surface area contributed by atoms with Crippen molar-refractivity contribution < 1.29 is 19.1 Å². The third-order valence-electron chi connectivity index (χ3n) is 9.92. The van der Waals surface area contributed by atoms with Gasteiger partial charge in [0, 0.05) is 0 Å². The molecule has 0 N–H and O–H groups in total. The Bertz CT molecular complexity index is 792. The van der Waals surface area contributed by atoms with Gasteiger partial charge in [0.15, 0.2) is 0 Å². The molecule has 0 saturated heterocycles. The van der Waals surface area contributed by atoms with Gasteiger partial charge in [0.2, 0.25) is 0 Å². The van der Waals surface area contributed by atoms with E-state index in [9.17, 15) is 9.59 Å². The minimum atomic E-state index is -0.281. The number of unbranched alkanes of at least 4 members (excludes halogenated alkanes) is 22. The highest BCUT2D eigenvalue weighted by atomic mass is 16.5. The highest BCUT2D eigenvalue weighted by molar-refractivity contribution is 5.93. The molecule has 0 radical (unpaired) electrons. The van der Waals surface area contributed by atoms with Gasteiger partial charge in [0.05, 0.1) is 11.1 Å². The summed E-state index contributed by atoms with van der Waals surface area (Å²) < 4.78 is 12.0. The first-order valence-electron chi connectivity index (χ1n) is 21.1. The maximum Gasteiger partial charge on any atom is 0.338 e. The molecule has 0 spiro atoms. The molecule has 0 saturated carbocycles. The predicted octanol–water partition coefficient (Wildman–Crippen LogP) is 14.5. The Morgan fingerprint density at radius 2 is 0.604 bits per heavy atom. The normalized spacial score (nSPS) is 12.6. The van der Waals surface area contributed by atoms with Crippen molar-refractivity contribution in [2.75, 3.05) is 0 Å². The summed E-state index contributed by atoms with van der Waals surface area (Å²) in [5, 5.41) is 0. The van der Waals surface area contributed by atoms with E-state index >= 15 is 0 Å². The summed E-state index contributed by atoms with van der Waals surface area (Å²) in [4.78, 5) is 26.1. The van der Waals surface area contributed by atoms with Crippen LogP contribution in [0, 0.1) is 0 Å². The first kappa shape index (κ1) is 44.2. The lowest BCUT2D eigenvalue weighted by molar-refractivity contribution is 0.0235. The zero-order valence-electron chi connectivity index (χ0n) is 32.3. The third-order valence-corrected chi connectivity index (χ3v) is 9.92. The van der Waals surface area contributed by atoms with E-state index in [1.54, 1.807) is 24.3 Å². The van der Waals surface area contributed by atoms with Crippen molar-refractivity contribution in [3.63, 3.8) is 0 Å². The van der Waals surface area contributed by atoms with Crippen molar-refractivity contribution in [3.8, 4) is 0 Å². The smallest absolute Gasteiger partial charge is 0.338 e. The van der Waals surface area contributed by atoms with Crippen LogP contribution in [0.1, 0.15) is 241 Å². The Kier molecular flexibility index (Phi) is 29.8. The fourth-order valence-corrected chi connectivity index (χ4v) is 6.64. The van der Waals surface area contributed by atoms with E-state index in [-0.39, 0.29) is 24.1 Å². The van der Waals surface area contributed by atoms with Crippen LogP contribution in [-0.4, -0.2) is 24.1 Å². The van der Waals surface area contributed by atoms with Crippen molar-refractivity contribution in [2.45, 2.75) is 233 Å². The lowest BCUT2D eigenvalue weighted by atomic mass is 10.0. The van der Waals surface area contributed by atoms with Crippen molar-refractivity contribution in [1.29, 1.82) is 0 Å². The minimum Gasteiger partial charge on any atom is -0.459 e. The fraction of sp³-hybridized carbons (Fsp3) is 0.818. The molecular weight excluding hydrogens is 592 g/mol. The van der Waals surface area contributed by atoms with Crippen molar-refractivity contribution in [2.24, 2.45) is 0 Å². The summed E-state index contributed by atoms with van der Waals surface area (Å²) >= 11 is 0. The minimum absolute atomic E-state index is 0.0319. The number of carbonyl (C=O) groups excluding carboxylic acids is 2. The molecule has 2 atom stereocenters. The van der Waals surface area contributed by atoms with E-state index in [1.807, 2.05) is 0 Å². The van der Waals surface area contributed by atoms with Gasteiger partial charge < -0.3 is 9.47 Å². The first-order valence-corrected chi connectivity index (χ1v) is 21.1. The second-order valence-corrected chi connectivity index (χ2v) is 14.6. The van der Waals surface area contributed by atoms with E-state index in [2.05, 4.69) is 27.7 Å². The first-order chi connectivity index (χ1) is 23.5. The molecule has 0 fully saturated rings. The van der Waals surface area contributed by atoms with Gasteiger partial charge >= 0.3 is 11.9 Å². The van der Waals surface area contributed by atoms with Gasteiger partial charge in [-0.3, -0.25) is 0 Å². The third kappa shape index (κ3) is 24.3. The number of benzene rings is 1.